The zero-order valence-electron chi connectivity index (χ0n) is 30.8. The second-order valence-corrected chi connectivity index (χ2v) is 13.9. The monoisotopic (exact) mass is 727 g/mol. The molecule has 3 atom stereocenters. The topological polar surface area (TPSA) is 158 Å². The molecule has 1 aliphatic heterocycles. The number of carbonyl (C=O) groups is 4. The Morgan fingerprint density at radius 1 is 0.849 bits per heavy atom. The number of carboxylic acid groups (broad SMARTS) is 2. The van der Waals surface area contributed by atoms with Crippen LogP contribution in [0.5, 0.6) is 11.5 Å². The number of aliphatic carboxylic acids is 2. The first-order valence-corrected chi connectivity index (χ1v) is 17.8. The molecule has 0 saturated heterocycles. The fourth-order valence-corrected chi connectivity index (χ4v) is 7.05. The van der Waals surface area contributed by atoms with Crippen LogP contribution >= 0.6 is 0 Å². The predicted molar refractivity (Wildman–Crippen MR) is 201 cm³/mol. The number of ether oxygens (including phenoxy) is 4. The van der Waals surface area contributed by atoms with Gasteiger partial charge < -0.3 is 34.0 Å². The average molecular weight is 728 g/mol. The van der Waals surface area contributed by atoms with Gasteiger partial charge in [0.25, 0.3) is 6.47 Å². The van der Waals surface area contributed by atoms with E-state index in [9.17, 15) is 14.4 Å². The lowest BCUT2D eigenvalue weighted by Gasteiger charge is -2.34. The van der Waals surface area contributed by atoms with Gasteiger partial charge in [-0.25, -0.2) is 0 Å². The van der Waals surface area contributed by atoms with Crippen LogP contribution in [0.3, 0.4) is 0 Å². The molecular weight excluding hydrogens is 678 g/mol. The summed E-state index contributed by atoms with van der Waals surface area (Å²) >= 11 is 0. The van der Waals surface area contributed by atoms with E-state index in [-0.39, 0.29) is 30.5 Å². The third-order valence-corrected chi connectivity index (χ3v) is 9.21. The summed E-state index contributed by atoms with van der Waals surface area (Å²) in [5.41, 5.74) is 6.56. The second-order valence-electron chi connectivity index (χ2n) is 13.9. The Bertz CT molecular complexity index is 1760. The normalized spacial score (nSPS) is 19.5. The minimum absolute atomic E-state index is 0.0728. The molecule has 282 valence electrons. The number of hydrogen-bond donors (Lipinski definition) is 2. The van der Waals surface area contributed by atoms with Gasteiger partial charge in [0.05, 0.1) is 30.1 Å². The molecule has 3 aliphatic rings. The van der Waals surface area contributed by atoms with Crippen LogP contribution in [-0.2, 0) is 34.1 Å². The van der Waals surface area contributed by atoms with Gasteiger partial charge in [0, 0.05) is 12.6 Å². The summed E-state index contributed by atoms with van der Waals surface area (Å²) in [4.78, 5) is 44.6. The fraction of sp³-hybridized carbons (Fsp3) is 0.405. The molecule has 2 aliphatic carbocycles. The molecule has 0 bridgehead atoms. The average Bonchev–Trinajstić information content (AvgIpc) is 3.86. The molecular formula is C42H49NO10. The maximum Gasteiger partial charge on any atom is 0.306 e. The first kappa shape index (κ1) is 40.5. The number of hydrogen-bond acceptors (Lipinski definition) is 9. The van der Waals surface area contributed by atoms with Crippen molar-refractivity contribution in [3.05, 3.63) is 101 Å². The van der Waals surface area contributed by atoms with E-state index in [1.165, 1.54) is 29.2 Å². The Balaban J connectivity index is 0.000000351. The fourth-order valence-electron chi connectivity index (χ4n) is 7.05. The first-order chi connectivity index (χ1) is 25.4. The maximum atomic E-state index is 10.5. The highest BCUT2D eigenvalue weighted by atomic mass is 16.5. The third kappa shape index (κ3) is 10.4. The van der Waals surface area contributed by atoms with E-state index in [2.05, 4.69) is 53.5 Å². The number of carboxylic acids is 2. The molecule has 3 unspecified atom stereocenters. The first-order valence-electron chi connectivity index (χ1n) is 17.8. The SMILES string of the molecule is CC(C)(C)OCCOc1ccc(C2(c3ccc(OCCOC=O)cc3)C3=C(CN=C3)c3ccccc32)cc1.CC=O.O=C(O)CC1CCC(C(=O)O)C1. The van der Waals surface area contributed by atoms with Crippen LogP contribution in [-0.4, -0.2) is 79.7 Å². The smallest absolute Gasteiger partial charge is 0.306 e. The number of nitrogens with zero attached hydrogens (tertiary/aromatic N) is 1. The summed E-state index contributed by atoms with van der Waals surface area (Å²) in [5, 5.41) is 17.1. The number of aldehydes is 1. The van der Waals surface area contributed by atoms with Gasteiger partial charge in [-0.05, 0) is 111 Å². The molecule has 3 aromatic rings. The zero-order chi connectivity index (χ0) is 38.4. The van der Waals surface area contributed by atoms with Crippen LogP contribution in [0.1, 0.15) is 75.6 Å². The summed E-state index contributed by atoms with van der Waals surface area (Å²) in [7, 11) is 0. The summed E-state index contributed by atoms with van der Waals surface area (Å²) < 4.78 is 22.2. The summed E-state index contributed by atoms with van der Waals surface area (Å²) in [6.45, 7) is 10.2. The largest absolute Gasteiger partial charge is 0.491 e. The number of aliphatic imine (C=N–C) groups is 1. The molecule has 0 spiro atoms. The molecule has 0 amide bonds. The van der Waals surface area contributed by atoms with Crippen molar-refractivity contribution in [1.29, 1.82) is 0 Å². The second kappa shape index (κ2) is 19.0. The Hall–Kier alpha value is -5.29. The van der Waals surface area contributed by atoms with E-state index < -0.39 is 17.4 Å². The van der Waals surface area contributed by atoms with Crippen LogP contribution in [0, 0.1) is 11.8 Å². The molecule has 1 saturated carbocycles. The molecule has 1 fully saturated rings. The third-order valence-electron chi connectivity index (χ3n) is 9.21. The predicted octanol–water partition coefficient (Wildman–Crippen LogP) is 6.79. The Labute approximate surface area is 310 Å². The summed E-state index contributed by atoms with van der Waals surface area (Å²) in [5.74, 6) is -0.324. The quantitative estimate of drug-likeness (QED) is 0.134. The molecule has 6 rings (SSSR count). The molecule has 3 aromatic carbocycles. The Kier molecular flexibility index (Phi) is 14.5. The van der Waals surface area contributed by atoms with Crippen LogP contribution in [0.4, 0.5) is 0 Å². The van der Waals surface area contributed by atoms with Crippen molar-refractivity contribution < 1.29 is 48.3 Å². The molecule has 11 nitrogen and oxygen atoms in total. The van der Waals surface area contributed by atoms with Crippen molar-refractivity contribution in [2.24, 2.45) is 16.8 Å². The van der Waals surface area contributed by atoms with Crippen LogP contribution in [0.15, 0.2) is 83.4 Å². The van der Waals surface area contributed by atoms with Gasteiger partial charge >= 0.3 is 11.9 Å². The van der Waals surface area contributed by atoms with Gasteiger partial charge in [-0.1, -0.05) is 48.5 Å². The van der Waals surface area contributed by atoms with E-state index in [1.807, 2.05) is 51.3 Å². The number of rotatable bonds is 14. The minimum atomic E-state index is -0.828. The van der Waals surface area contributed by atoms with Crippen molar-refractivity contribution in [3.63, 3.8) is 0 Å². The number of fused-ring (bicyclic) bond motifs is 2. The maximum absolute atomic E-state index is 10.5. The number of allylic oxidation sites excluding steroid dienone is 1. The Morgan fingerprint density at radius 3 is 1.96 bits per heavy atom. The van der Waals surface area contributed by atoms with Gasteiger partial charge in [-0.2, -0.15) is 0 Å². The van der Waals surface area contributed by atoms with Gasteiger partial charge in [-0.3, -0.25) is 19.4 Å². The van der Waals surface area contributed by atoms with Gasteiger partial charge in [-0.15, -0.1) is 0 Å². The summed E-state index contributed by atoms with van der Waals surface area (Å²) in [6.07, 6.45) is 4.80. The lowest BCUT2D eigenvalue weighted by Crippen LogP contribution is -2.30. The van der Waals surface area contributed by atoms with Gasteiger partial charge in [0.2, 0.25) is 0 Å². The lowest BCUT2D eigenvalue weighted by atomic mass is 9.67. The zero-order valence-corrected chi connectivity index (χ0v) is 30.8. The van der Waals surface area contributed by atoms with Crippen molar-refractivity contribution in [1.82, 2.24) is 0 Å². The molecule has 1 heterocycles. The lowest BCUT2D eigenvalue weighted by molar-refractivity contribution is -0.142. The highest BCUT2D eigenvalue weighted by molar-refractivity contribution is 6.05. The number of carbonyl (C=O) groups excluding carboxylic acids is 2. The van der Waals surface area contributed by atoms with Crippen LogP contribution in [0.25, 0.3) is 5.57 Å². The molecule has 11 heteroatoms. The molecule has 53 heavy (non-hydrogen) atoms. The summed E-state index contributed by atoms with van der Waals surface area (Å²) in [6, 6.07) is 25.1. The van der Waals surface area contributed by atoms with E-state index in [4.69, 9.17) is 34.0 Å². The minimum Gasteiger partial charge on any atom is -0.491 e. The number of benzene rings is 3. The van der Waals surface area contributed by atoms with Crippen molar-refractivity contribution in [3.8, 4) is 11.5 Å². The highest BCUT2D eigenvalue weighted by Crippen LogP contribution is 2.55. The van der Waals surface area contributed by atoms with Crippen molar-refractivity contribution in [2.75, 3.05) is 33.0 Å². The molecule has 0 aromatic heterocycles. The molecule has 0 radical (unpaired) electrons. The van der Waals surface area contributed by atoms with Gasteiger partial charge in [0.15, 0.2) is 0 Å². The van der Waals surface area contributed by atoms with Crippen molar-refractivity contribution in [2.45, 2.75) is 64.4 Å². The van der Waals surface area contributed by atoms with Crippen LogP contribution in [0.2, 0.25) is 0 Å². The van der Waals surface area contributed by atoms with E-state index in [1.54, 1.807) is 0 Å². The molecule has 2 N–H and O–H groups in total. The van der Waals surface area contributed by atoms with Gasteiger partial charge in [0.1, 0.15) is 37.6 Å². The van der Waals surface area contributed by atoms with Crippen molar-refractivity contribution >= 4 is 36.5 Å². The highest BCUT2D eigenvalue weighted by Gasteiger charge is 2.48. The standard InChI is InChI=1S/C32H33NO5.C8H12O4.C2H4O/c1-31(2,3)38-19-18-37-26-14-10-24(11-15-26)32(23-8-12-25(13-9-23)36-17-16-35-22-34)29-7-5-4-6-27(29)28-20-33-21-30(28)32;9-7(10)4-5-1-2-6(3-5)8(11)12;1-2-3/h4-15,21-22H,16-20H2,1-3H3;5-6H,1-4H2,(H,9,10)(H,11,12);2H,1H3. The Morgan fingerprint density at radius 2 is 1.43 bits per heavy atom. The van der Waals surface area contributed by atoms with E-state index >= 15 is 0 Å². The van der Waals surface area contributed by atoms with E-state index in [0.717, 1.165) is 35.3 Å². The van der Waals surface area contributed by atoms with Crippen LogP contribution < -0.4 is 9.47 Å². The van der Waals surface area contributed by atoms with E-state index in [0.29, 0.717) is 45.7 Å².